The van der Waals surface area contributed by atoms with Gasteiger partial charge in [-0.1, -0.05) is 29.8 Å². The molecule has 0 aliphatic carbocycles. The van der Waals surface area contributed by atoms with Crippen LogP contribution in [0.2, 0.25) is 5.02 Å². The lowest BCUT2D eigenvalue weighted by Gasteiger charge is -2.05. The molecule has 0 saturated carbocycles. The van der Waals surface area contributed by atoms with Gasteiger partial charge in [-0.3, -0.25) is 4.98 Å². The number of nitrogens with zero attached hydrogens (tertiary/aromatic N) is 1. The summed E-state index contributed by atoms with van der Waals surface area (Å²) in [4.78, 5) is 15.6. The number of rotatable bonds is 4. The molecular formula is C15H10ClNO3S. The van der Waals surface area contributed by atoms with E-state index >= 15 is 0 Å². The first kappa shape index (κ1) is 13.9. The van der Waals surface area contributed by atoms with Crippen molar-refractivity contribution in [3.05, 3.63) is 58.2 Å². The fourth-order valence-corrected chi connectivity index (χ4v) is 3.32. The predicted octanol–water partition coefficient (Wildman–Crippen LogP) is 4.23. The Morgan fingerprint density at radius 1 is 1.33 bits per heavy atom. The van der Waals surface area contributed by atoms with Gasteiger partial charge in [0.15, 0.2) is 0 Å². The van der Waals surface area contributed by atoms with Crippen molar-refractivity contribution in [2.45, 2.75) is 6.61 Å². The Kier molecular flexibility index (Phi) is 3.77. The number of carbonyl (C=O) groups is 1. The molecule has 0 aliphatic rings. The van der Waals surface area contributed by atoms with Crippen molar-refractivity contribution in [2.24, 2.45) is 0 Å². The Hall–Kier alpha value is -2.11. The molecule has 0 fully saturated rings. The Labute approximate surface area is 129 Å². The molecule has 3 aromatic rings. The smallest absolute Gasteiger partial charge is 0.337 e. The Bertz CT molecular complexity index is 816. The van der Waals surface area contributed by atoms with Crippen molar-refractivity contribution >= 4 is 39.0 Å². The minimum absolute atomic E-state index is 0.0925. The SMILES string of the molecule is O=C(O)c1cncc(OCc2sc3ccccc3c2Cl)c1. The Morgan fingerprint density at radius 2 is 2.14 bits per heavy atom. The zero-order valence-electron chi connectivity index (χ0n) is 10.7. The van der Waals surface area contributed by atoms with Gasteiger partial charge < -0.3 is 9.84 Å². The summed E-state index contributed by atoms with van der Waals surface area (Å²) in [6, 6.07) is 9.30. The lowest BCUT2D eigenvalue weighted by atomic mass is 10.2. The van der Waals surface area contributed by atoms with Crippen LogP contribution in [-0.2, 0) is 6.61 Å². The maximum atomic E-state index is 10.9. The van der Waals surface area contributed by atoms with Crippen LogP contribution in [0, 0.1) is 0 Å². The van der Waals surface area contributed by atoms with Gasteiger partial charge in [0.2, 0.25) is 0 Å². The molecule has 4 nitrogen and oxygen atoms in total. The lowest BCUT2D eigenvalue weighted by Crippen LogP contribution is -1.99. The number of aromatic carboxylic acids is 1. The van der Waals surface area contributed by atoms with Crippen LogP contribution in [0.25, 0.3) is 10.1 Å². The van der Waals surface area contributed by atoms with Crippen molar-refractivity contribution in [1.82, 2.24) is 4.98 Å². The molecule has 0 radical (unpaired) electrons. The predicted molar refractivity (Wildman–Crippen MR) is 82.4 cm³/mol. The van der Waals surface area contributed by atoms with Gasteiger partial charge in [-0.2, -0.15) is 0 Å². The molecule has 2 heterocycles. The van der Waals surface area contributed by atoms with Gasteiger partial charge in [0.1, 0.15) is 12.4 Å². The summed E-state index contributed by atoms with van der Waals surface area (Å²) in [7, 11) is 0. The molecule has 1 N–H and O–H groups in total. The number of aromatic nitrogens is 1. The van der Waals surface area contributed by atoms with Gasteiger partial charge in [-0.25, -0.2) is 4.79 Å². The van der Waals surface area contributed by atoms with Crippen LogP contribution >= 0.6 is 22.9 Å². The highest BCUT2D eigenvalue weighted by atomic mass is 35.5. The first-order valence-corrected chi connectivity index (χ1v) is 7.31. The van der Waals surface area contributed by atoms with E-state index in [1.807, 2.05) is 24.3 Å². The van der Waals surface area contributed by atoms with E-state index < -0.39 is 5.97 Å². The number of ether oxygens (including phenoxy) is 1. The van der Waals surface area contributed by atoms with E-state index in [0.29, 0.717) is 10.8 Å². The van der Waals surface area contributed by atoms with Crippen molar-refractivity contribution in [2.75, 3.05) is 0 Å². The van der Waals surface area contributed by atoms with Gasteiger partial charge in [0.25, 0.3) is 0 Å². The standard InChI is InChI=1S/C15H10ClNO3S/c16-14-11-3-1-2-4-12(11)21-13(14)8-20-10-5-9(15(18)19)6-17-7-10/h1-7H,8H2,(H,18,19). The quantitative estimate of drug-likeness (QED) is 0.782. The molecule has 0 amide bonds. The van der Waals surface area contributed by atoms with Crippen LogP contribution < -0.4 is 4.74 Å². The number of pyridine rings is 1. The van der Waals surface area contributed by atoms with Crippen LogP contribution in [0.5, 0.6) is 5.75 Å². The van der Waals surface area contributed by atoms with Crippen LogP contribution in [0.15, 0.2) is 42.7 Å². The van der Waals surface area contributed by atoms with E-state index in [0.717, 1.165) is 15.0 Å². The summed E-state index contributed by atoms with van der Waals surface area (Å²) in [5, 5.41) is 10.6. The molecule has 0 aliphatic heterocycles. The van der Waals surface area contributed by atoms with Crippen molar-refractivity contribution in [3.8, 4) is 5.75 Å². The minimum atomic E-state index is -1.03. The fraction of sp³-hybridized carbons (Fsp3) is 0.0667. The maximum absolute atomic E-state index is 10.9. The minimum Gasteiger partial charge on any atom is -0.486 e. The van der Waals surface area contributed by atoms with Crippen LogP contribution in [0.3, 0.4) is 0 Å². The summed E-state index contributed by atoms with van der Waals surface area (Å²) in [5.74, 6) is -0.628. The average molecular weight is 320 g/mol. The maximum Gasteiger partial charge on any atom is 0.337 e. The van der Waals surface area contributed by atoms with Gasteiger partial charge in [0, 0.05) is 16.3 Å². The molecule has 0 spiro atoms. The molecule has 1 aromatic carbocycles. The molecule has 0 atom stereocenters. The van der Waals surface area contributed by atoms with Crippen LogP contribution in [-0.4, -0.2) is 16.1 Å². The van der Waals surface area contributed by atoms with E-state index in [2.05, 4.69) is 4.98 Å². The summed E-state index contributed by atoms with van der Waals surface area (Å²) < 4.78 is 6.69. The van der Waals surface area contributed by atoms with Gasteiger partial charge in [-0.15, -0.1) is 11.3 Å². The van der Waals surface area contributed by atoms with Gasteiger partial charge in [0.05, 0.1) is 21.7 Å². The monoisotopic (exact) mass is 319 g/mol. The van der Waals surface area contributed by atoms with Crippen molar-refractivity contribution in [1.29, 1.82) is 0 Å². The number of carboxylic acids is 1. The van der Waals surface area contributed by atoms with E-state index in [-0.39, 0.29) is 12.2 Å². The number of fused-ring (bicyclic) bond motifs is 1. The molecule has 106 valence electrons. The molecule has 21 heavy (non-hydrogen) atoms. The van der Waals surface area contributed by atoms with Gasteiger partial charge >= 0.3 is 5.97 Å². The normalized spacial score (nSPS) is 10.7. The second-order valence-electron chi connectivity index (χ2n) is 4.34. The first-order valence-electron chi connectivity index (χ1n) is 6.12. The average Bonchev–Trinajstić information content (AvgIpc) is 2.82. The number of benzene rings is 1. The summed E-state index contributed by atoms with van der Waals surface area (Å²) in [6.45, 7) is 0.281. The molecule has 0 bridgehead atoms. The number of thiophene rings is 1. The number of hydrogen-bond donors (Lipinski definition) is 1. The zero-order chi connectivity index (χ0) is 14.8. The van der Waals surface area contributed by atoms with Crippen LogP contribution in [0.4, 0.5) is 0 Å². The molecular weight excluding hydrogens is 310 g/mol. The van der Waals surface area contributed by atoms with E-state index in [4.69, 9.17) is 21.4 Å². The summed E-state index contributed by atoms with van der Waals surface area (Å²) in [5.41, 5.74) is 0.0925. The highest BCUT2D eigenvalue weighted by molar-refractivity contribution is 7.19. The molecule has 6 heteroatoms. The topological polar surface area (TPSA) is 59.4 Å². The first-order chi connectivity index (χ1) is 10.1. The summed E-state index contributed by atoms with van der Waals surface area (Å²) in [6.07, 6.45) is 2.76. The Morgan fingerprint density at radius 3 is 2.90 bits per heavy atom. The molecule has 0 unspecified atom stereocenters. The van der Waals surface area contributed by atoms with E-state index in [1.165, 1.54) is 18.5 Å². The fourth-order valence-electron chi connectivity index (χ4n) is 1.92. The second-order valence-corrected chi connectivity index (χ2v) is 5.85. The van der Waals surface area contributed by atoms with Crippen molar-refractivity contribution in [3.63, 3.8) is 0 Å². The molecule has 0 saturated heterocycles. The van der Waals surface area contributed by atoms with E-state index in [9.17, 15) is 4.79 Å². The second kappa shape index (κ2) is 5.71. The van der Waals surface area contributed by atoms with Crippen LogP contribution in [0.1, 0.15) is 15.2 Å². The highest BCUT2D eigenvalue weighted by Crippen LogP contribution is 2.35. The summed E-state index contributed by atoms with van der Waals surface area (Å²) >= 11 is 7.89. The highest BCUT2D eigenvalue weighted by Gasteiger charge is 2.11. The van der Waals surface area contributed by atoms with Gasteiger partial charge in [-0.05, 0) is 12.1 Å². The van der Waals surface area contributed by atoms with E-state index in [1.54, 1.807) is 11.3 Å². The third-order valence-electron chi connectivity index (χ3n) is 2.93. The zero-order valence-corrected chi connectivity index (χ0v) is 12.3. The molecule has 2 aromatic heterocycles. The largest absolute Gasteiger partial charge is 0.486 e. The third-order valence-corrected chi connectivity index (χ3v) is 4.62. The third kappa shape index (κ3) is 2.84. The number of hydrogen-bond acceptors (Lipinski definition) is 4. The lowest BCUT2D eigenvalue weighted by molar-refractivity contribution is 0.0696. The number of halogens is 1. The number of carboxylic acid groups (broad SMARTS) is 1. The van der Waals surface area contributed by atoms with Crippen molar-refractivity contribution < 1.29 is 14.6 Å². The molecule has 3 rings (SSSR count). The Balaban J connectivity index is 1.82.